The molecule has 6 nitrogen and oxygen atoms in total. The summed E-state index contributed by atoms with van der Waals surface area (Å²) in [5.41, 5.74) is -1.18. The van der Waals surface area contributed by atoms with Crippen molar-refractivity contribution in [1.29, 1.82) is 0 Å². The van der Waals surface area contributed by atoms with E-state index in [2.05, 4.69) is 20.8 Å². The topological polar surface area (TPSA) is 89.9 Å². The van der Waals surface area contributed by atoms with Crippen LogP contribution < -0.4 is 0 Å². The zero-order chi connectivity index (χ0) is 24.7. The predicted octanol–water partition coefficient (Wildman–Crippen LogP) is 5.38. The Morgan fingerprint density at radius 2 is 1.47 bits per heavy atom. The molecule has 0 saturated heterocycles. The molecule has 32 heavy (non-hydrogen) atoms. The van der Waals surface area contributed by atoms with Crippen molar-refractivity contribution in [2.75, 3.05) is 0 Å². The van der Waals surface area contributed by atoms with Gasteiger partial charge in [0.05, 0.1) is 0 Å². The lowest BCUT2D eigenvalue weighted by Crippen LogP contribution is -2.49. The third kappa shape index (κ3) is 4.69. The summed E-state index contributed by atoms with van der Waals surface area (Å²) in [6.45, 7) is 16.6. The van der Waals surface area contributed by atoms with Crippen molar-refractivity contribution >= 4 is 17.9 Å². The third-order valence-corrected chi connectivity index (χ3v) is 7.61. The predicted molar refractivity (Wildman–Crippen MR) is 123 cm³/mol. The van der Waals surface area contributed by atoms with Crippen LogP contribution in [-0.2, 0) is 23.9 Å². The number of carbonyl (C=O) groups excluding carboxylic acids is 2. The molecule has 0 radical (unpaired) electrons. The molecule has 3 atom stereocenters. The Bertz CT molecular complexity index is 898. The van der Waals surface area contributed by atoms with Crippen molar-refractivity contribution in [1.82, 2.24) is 0 Å². The second-order valence-electron chi connectivity index (χ2n) is 11.1. The van der Waals surface area contributed by atoms with Crippen molar-refractivity contribution in [2.24, 2.45) is 16.7 Å². The molecule has 0 aromatic heterocycles. The highest BCUT2D eigenvalue weighted by Crippen LogP contribution is 2.71. The summed E-state index contributed by atoms with van der Waals surface area (Å²) in [5, 5.41) is 9.49. The van der Waals surface area contributed by atoms with Crippen molar-refractivity contribution in [3.8, 4) is 0 Å². The first-order valence-corrected chi connectivity index (χ1v) is 11.2. The molecule has 6 heteroatoms. The average Bonchev–Trinajstić information content (AvgIpc) is 2.96. The maximum atomic E-state index is 13.1. The first-order chi connectivity index (χ1) is 14.5. The van der Waals surface area contributed by atoms with Crippen LogP contribution in [0.15, 0.2) is 34.9 Å². The van der Waals surface area contributed by atoms with Gasteiger partial charge >= 0.3 is 17.9 Å². The molecule has 1 unspecified atom stereocenters. The van der Waals surface area contributed by atoms with Crippen LogP contribution in [0.5, 0.6) is 0 Å². The summed E-state index contributed by atoms with van der Waals surface area (Å²) in [6.07, 6.45) is 7.24. The summed E-state index contributed by atoms with van der Waals surface area (Å²) in [5.74, 6) is -1.64. The molecule has 2 aliphatic rings. The van der Waals surface area contributed by atoms with Gasteiger partial charge in [-0.05, 0) is 78.2 Å². The molecule has 2 fully saturated rings. The van der Waals surface area contributed by atoms with Gasteiger partial charge in [0.25, 0.3) is 0 Å². The molecule has 178 valence electrons. The Kier molecular flexibility index (Phi) is 6.90. The minimum absolute atomic E-state index is 0.0899. The lowest BCUT2D eigenvalue weighted by atomic mass is 9.64. The van der Waals surface area contributed by atoms with Crippen LogP contribution in [0.2, 0.25) is 0 Å². The zero-order valence-electron chi connectivity index (χ0n) is 20.9. The zero-order valence-corrected chi connectivity index (χ0v) is 20.9. The van der Waals surface area contributed by atoms with Crippen molar-refractivity contribution < 1.29 is 29.0 Å². The molecule has 2 rings (SSSR count). The number of aliphatic carboxylic acids is 1. The number of carboxylic acids is 1. The Balaban J connectivity index is 2.34. The van der Waals surface area contributed by atoms with Crippen LogP contribution in [0.1, 0.15) is 81.6 Å². The maximum absolute atomic E-state index is 13.1. The monoisotopic (exact) mass is 446 g/mol. The highest BCUT2D eigenvalue weighted by molar-refractivity contribution is 5.91. The molecule has 0 aromatic rings. The van der Waals surface area contributed by atoms with E-state index in [0.717, 1.165) is 12.8 Å². The number of carboxylic acid groups (broad SMARTS) is 1. The van der Waals surface area contributed by atoms with E-state index in [1.54, 1.807) is 52.8 Å². The third-order valence-electron chi connectivity index (χ3n) is 7.61. The number of esters is 2. The number of hydrogen-bond acceptors (Lipinski definition) is 5. The fraction of sp³-hybridized carbons (Fsp3) is 0.654. The lowest BCUT2D eigenvalue weighted by Gasteiger charge is -2.46. The smallest absolute Gasteiger partial charge is 0.334 e. The van der Waals surface area contributed by atoms with Crippen molar-refractivity contribution in [3.63, 3.8) is 0 Å². The summed E-state index contributed by atoms with van der Waals surface area (Å²) in [6, 6.07) is 0. The Morgan fingerprint density at radius 3 is 1.88 bits per heavy atom. The van der Waals surface area contributed by atoms with Gasteiger partial charge in [0.2, 0.25) is 0 Å². The van der Waals surface area contributed by atoms with Crippen LogP contribution in [0, 0.1) is 16.7 Å². The molecule has 0 aromatic carbocycles. The molecule has 0 spiro atoms. The lowest BCUT2D eigenvalue weighted by molar-refractivity contribution is -0.164. The number of hydrogen-bond donors (Lipinski definition) is 1. The molecule has 2 saturated carbocycles. The van der Waals surface area contributed by atoms with Crippen LogP contribution in [-0.4, -0.2) is 34.2 Å². The average molecular weight is 447 g/mol. The van der Waals surface area contributed by atoms with E-state index in [-0.39, 0.29) is 16.4 Å². The molecule has 1 N–H and O–H groups in total. The molecular weight excluding hydrogens is 408 g/mol. The second-order valence-corrected chi connectivity index (χ2v) is 11.1. The summed E-state index contributed by atoms with van der Waals surface area (Å²) in [4.78, 5) is 36.8. The number of ether oxygens (including phenoxy) is 2. The van der Waals surface area contributed by atoms with E-state index in [0.29, 0.717) is 23.5 Å². The van der Waals surface area contributed by atoms with Gasteiger partial charge in [-0.1, -0.05) is 32.9 Å². The van der Waals surface area contributed by atoms with Crippen LogP contribution in [0.4, 0.5) is 0 Å². The van der Waals surface area contributed by atoms with E-state index in [4.69, 9.17) is 9.47 Å². The van der Waals surface area contributed by atoms with Gasteiger partial charge in [0.15, 0.2) is 0 Å². The van der Waals surface area contributed by atoms with Gasteiger partial charge in [-0.15, -0.1) is 0 Å². The van der Waals surface area contributed by atoms with Crippen molar-refractivity contribution in [2.45, 2.75) is 92.8 Å². The van der Waals surface area contributed by atoms with Gasteiger partial charge in [0.1, 0.15) is 11.2 Å². The van der Waals surface area contributed by atoms with Gasteiger partial charge in [-0.2, -0.15) is 0 Å². The van der Waals surface area contributed by atoms with Crippen molar-refractivity contribution in [3.05, 3.63) is 34.9 Å². The normalized spacial score (nSPS) is 30.3. The fourth-order valence-corrected chi connectivity index (χ4v) is 5.11. The minimum atomic E-state index is -1.02. The second kappa shape index (κ2) is 8.53. The standard InChI is InChI=1S/C26H38O6/c1-16(21(29)31-23(4,5)6)10-11-17(2)22(30)32-26(14-18(3)20(27)28)15-19-12-13-25(26,9)24(19,7)8/h10-11,14,19H,12-13,15H2,1-9H3,(H,27,28)/t19-,25+,26?/m1/s1. The van der Waals surface area contributed by atoms with Crippen LogP contribution in [0.25, 0.3) is 0 Å². The number of fused-ring (bicyclic) bond motifs is 2. The molecule has 0 aliphatic heterocycles. The minimum Gasteiger partial charge on any atom is -0.478 e. The quantitative estimate of drug-likeness (QED) is 0.335. The maximum Gasteiger partial charge on any atom is 0.334 e. The SMILES string of the molecule is CC(=CC1(OC(=O)C(C)=CC=C(C)C(=O)OC(C)(C)C)C[C@H]2CC[C@@]1(C)C2(C)C)C(=O)O. The number of carbonyl (C=O) groups is 3. The summed E-state index contributed by atoms with van der Waals surface area (Å²) >= 11 is 0. The van der Waals surface area contributed by atoms with Crippen LogP contribution >= 0.6 is 0 Å². The number of rotatable bonds is 6. The van der Waals surface area contributed by atoms with E-state index in [1.807, 2.05) is 0 Å². The summed E-state index contributed by atoms with van der Waals surface area (Å²) < 4.78 is 11.5. The Labute approximate surface area is 191 Å². The van der Waals surface area contributed by atoms with E-state index in [9.17, 15) is 19.5 Å². The molecule has 0 amide bonds. The molecule has 0 heterocycles. The summed E-state index contributed by atoms with van der Waals surface area (Å²) in [7, 11) is 0. The van der Waals surface area contributed by atoms with Gasteiger partial charge in [0, 0.05) is 22.1 Å². The van der Waals surface area contributed by atoms with Gasteiger partial charge < -0.3 is 14.6 Å². The van der Waals surface area contributed by atoms with Gasteiger partial charge in [-0.3, -0.25) is 0 Å². The highest BCUT2D eigenvalue weighted by Gasteiger charge is 2.70. The largest absolute Gasteiger partial charge is 0.478 e. The fourth-order valence-electron chi connectivity index (χ4n) is 5.11. The number of allylic oxidation sites excluding steroid dienone is 2. The molecule has 2 bridgehead atoms. The Morgan fingerprint density at radius 1 is 0.938 bits per heavy atom. The highest BCUT2D eigenvalue weighted by atomic mass is 16.6. The van der Waals surface area contributed by atoms with Crippen LogP contribution in [0.3, 0.4) is 0 Å². The van der Waals surface area contributed by atoms with E-state index < -0.39 is 29.1 Å². The molecule has 2 aliphatic carbocycles. The van der Waals surface area contributed by atoms with Gasteiger partial charge in [-0.25, -0.2) is 14.4 Å². The van der Waals surface area contributed by atoms with E-state index >= 15 is 0 Å². The first-order valence-electron chi connectivity index (χ1n) is 11.2. The molecular formula is C26H38O6. The first kappa shape index (κ1) is 25.9. The van der Waals surface area contributed by atoms with E-state index in [1.165, 1.54) is 6.92 Å². The Hall–Kier alpha value is -2.37.